The van der Waals surface area contributed by atoms with Crippen molar-refractivity contribution in [2.24, 2.45) is 5.92 Å². The third-order valence-electron chi connectivity index (χ3n) is 2.84. The van der Waals surface area contributed by atoms with Crippen molar-refractivity contribution in [3.05, 3.63) is 0 Å². The fourth-order valence-electron chi connectivity index (χ4n) is 1.74. The lowest BCUT2D eigenvalue weighted by Crippen LogP contribution is -2.22. The van der Waals surface area contributed by atoms with Crippen LogP contribution < -0.4 is 5.32 Å². The zero-order chi connectivity index (χ0) is 12.2. The van der Waals surface area contributed by atoms with Crippen LogP contribution in [0.3, 0.4) is 0 Å². The van der Waals surface area contributed by atoms with Crippen LogP contribution in [0.1, 0.15) is 52.9 Å². The molecule has 0 aromatic heterocycles. The second-order valence-electron chi connectivity index (χ2n) is 5.32. The number of hydrogen-bond acceptors (Lipinski definition) is 2. The van der Waals surface area contributed by atoms with Crippen molar-refractivity contribution < 1.29 is 0 Å². The lowest BCUT2D eigenvalue weighted by Gasteiger charge is -2.15. The molecule has 98 valence electrons. The van der Waals surface area contributed by atoms with Gasteiger partial charge in [0.25, 0.3) is 0 Å². The number of nitrogens with zero attached hydrogens (tertiary/aromatic N) is 1. The van der Waals surface area contributed by atoms with Crippen LogP contribution in [0.2, 0.25) is 0 Å². The van der Waals surface area contributed by atoms with E-state index in [2.05, 4.69) is 38.0 Å². The first-order valence-electron chi connectivity index (χ1n) is 7.06. The van der Waals surface area contributed by atoms with E-state index in [1.54, 1.807) is 0 Å². The van der Waals surface area contributed by atoms with Crippen LogP contribution in [-0.4, -0.2) is 38.1 Å². The van der Waals surface area contributed by atoms with Crippen molar-refractivity contribution >= 4 is 0 Å². The third kappa shape index (κ3) is 12.0. The van der Waals surface area contributed by atoms with Gasteiger partial charge in [0.1, 0.15) is 0 Å². The fraction of sp³-hybridized carbons (Fsp3) is 1.00. The normalized spacial score (nSPS) is 11.6. The van der Waals surface area contributed by atoms with Crippen molar-refractivity contribution in [3.63, 3.8) is 0 Å². The van der Waals surface area contributed by atoms with E-state index in [1.165, 1.54) is 51.7 Å². The van der Waals surface area contributed by atoms with Crippen LogP contribution in [0.25, 0.3) is 0 Å². The molecule has 0 rings (SSSR count). The van der Waals surface area contributed by atoms with Crippen molar-refractivity contribution in [2.75, 3.05) is 33.2 Å². The average Bonchev–Trinajstić information content (AvgIpc) is 2.24. The van der Waals surface area contributed by atoms with Gasteiger partial charge in [0, 0.05) is 0 Å². The fourth-order valence-corrected chi connectivity index (χ4v) is 1.74. The highest BCUT2D eigenvalue weighted by Gasteiger charge is 1.97. The maximum Gasteiger partial charge on any atom is -0.00218 e. The lowest BCUT2D eigenvalue weighted by atomic mass is 10.2. The Bertz CT molecular complexity index is 135. The zero-order valence-corrected chi connectivity index (χ0v) is 11.9. The summed E-state index contributed by atoms with van der Waals surface area (Å²) in [4.78, 5) is 2.46. The molecule has 0 bridgehead atoms. The molecule has 0 radical (unpaired) electrons. The second-order valence-corrected chi connectivity index (χ2v) is 5.32. The first-order valence-corrected chi connectivity index (χ1v) is 7.06. The Morgan fingerprint density at radius 1 is 1.00 bits per heavy atom. The van der Waals surface area contributed by atoms with Gasteiger partial charge in [0.15, 0.2) is 0 Å². The van der Waals surface area contributed by atoms with Gasteiger partial charge in [-0.15, -0.1) is 0 Å². The minimum Gasteiger partial charge on any atom is -0.316 e. The topological polar surface area (TPSA) is 15.3 Å². The van der Waals surface area contributed by atoms with E-state index in [4.69, 9.17) is 0 Å². The molecule has 2 heteroatoms. The molecule has 0 spiro atoms. The Labute approximate surface area is 103 Å². The highest BCUT2D eigenvalue weighted by molar-refractivity contribution is 4.55. The highest BCUT2D eigenvalue weighted by atomic mass is 15.1. The SMILES string of the molecule is CCCCN(C)CCCCCNCC(C)C. The molecule has 0 fully saturated rings. The van der Waals surface area contributed by atoms with E-state index in [0.29, 0.717) is 0 Å². The molecule has 0 saturated heterocycles. The number of nitrogens with one attached hydrogen (secondary N) is 1. The first-order chi connectivity index (χ1) is 7.66. The minimum absolute atomic E-state index is 0.778. The zero-order valence-electron chi connectivity index (χ0n) is 11.9. The van der Waals surface area contributed by atoms with Crippen LogP contribution >= 0.6 is 0 Å². The van der Waals surface area contributed by atoms with E-state index < -0.39 is 0 Å². The minimum atomic E-state index is 0.778. The quantitative estimate of drug-likeness (QED) is 0.547. The van der Waals surface area contributed by atoms with Gasteiger partial charge in [-0.1, -0.05) is 33.6 Å². The Morgan fingerprint density at radius 2 is 1.69 bits per heavy atom. The summed E-state index contributed by atoms with van der Waals surface area (Å²) in [6, 6.07) is 0. The maximum absolute atomic E-state index is 3.49. The Balaban J connectivity index is 3.08. The third-order valence-corrected chi connectivity index (χ3v) is 2.84. The summed E-state index contributed by atoms with van der Waals surface area (Å²) in [6.45, 7) is 11.7. The number of hydrogen-bond donors (Lipinski definition) is 1. The molecular weight excluding hydrogens is 196 g/mol. The van der Waals surface area contributed by atoms with E-state index in [0.717, 1.165) is 12.5 Å². The molecule has 0 saturated carbocycles. The summed E-state index contributed by atoms with van der Waals surface area (Å²) in [5, 5.41) is 3.49. The van der Waals surface area contributed by atoms with Gasteiger partial charge in [-0.05, 0) is 58.4 Å². The monoisotopic (exact) mass is 228 g/mol. The van der Waals surface area contributed by atoms with Gasteiger partial charge in [0.2, 0.25) is 0 Å². The summed E-state index contributed by atoms with van der Waals surface area (Å²) in [6.07, 6.45) is 6.69. The van der Waals surface area contributed by atoms with Crippen molar-refractivity contribution in [1.29, 1.82) is 0 Å². The molecular formula is C14H32N2. The number of unbranched alkanes of at least 4 members (excludes halogenated alkanes) is 3. The van der Waals surface area contributed by atoms with Crippen molar-refractivity contribution in [2.45, 2.75) is 52.9 Å². The van der Waals surface area contributed by atoms with Crippen molar-refractivity contribution in [3.8, 4) is 0 Å². The summed E-state index contributed by atoms with van der Waals surface area (Å²) < 4.78 is 0. The molecule has 0 atom stereocenters. The van der Waals surface area contributed by atoms with Gasteiger partial charge in [-0.2, -0.15) is 0 Å². The summed E-state index contributed by atoms with van der Waals surface area (Å²) >= 11 is 0. The van der Waals surface area contributed by atoms with Crippen LogP contribution in [0.15, 0.2) is 0 Å². The summed E-state index contributed by atoms with van der Waals surface area (Å²) in [5.41, 5.74) is 0. The van der Waals surface area contributed by atoms with Gasteiger partial charge < -0.3 is 10.2 Å². The molecule has 0 aliphatic rings. The largest absolute Gasteiger partial charge is 0.316 e. The van der Waals surface area contributed by atoms with Crippen LogP contribution in [0.4, 0.5) is 0 Å². The highest BCUT2D eigenvalue weighted by Crippen LogP contribution is 1.99. The predicted molar refractivity (Wildman–Crippen MR) is 74.0 cm³/mol. The lowest BCUT2D eigenvalue weighted by molar-refractivity contribution is 0.318. The van der Waals surface area contributed by atoms with E-state index >= 15 is 0 Å². The number of rotatable bonds is 11. The molecule has 0 aromatic carbocycles. The summed E-state index contributed by atoms with van der Waals surface area (Å²) in [7, 11) is 2.24. The summed E-state index contributed by atoms with van der Waals surface area (Å²) in [5.74, 6) is 0.778. The molecule has 0 aliphatic carbocycles. The molecule has 0 aromatic rings. The first kappa shape index (κ1) is 15.9. The molecule has 0 heterocycles. The van der Waals surface area contributed by atoms with Crippen LogP contribution in [-0.2, 0) is 0 Å². The molecule has 16 heavy (non-hydrogen) atoms. The Morgan fingerprint density at radius 3 is 2.31 bits per heavy atom. The van der Waals surface area contributed by atoms with Crippen molar-refractivity contribution in [1.82, 2.24) is 10.2 Å². The predicted octanol–water partition coefficient (Wildman–Crippen LogP) is 3.13. The van der Waals surface area contributed by atoms with Crippen LogP contribution in [0.5, 0.6) is 0 Å². The van der Waals surface area contributed by atoms with E-state index in [1.807, 2.05) is 0 Å². The molecule has 1 N–H and O–H groups in total. The molecule has 0 aliphatic heterocycles. The Hall–Kier alpha value is -0.0800. The van der Waals surface area contributed by atoms with Gasteiger partial charge in [-0.25, -0.2) is 0 Å². The average molecular weight is 228 g/mol. The van der Waals surface area contributed by atoms with E-state index in [9.17, 15) is 0 Å². The smallest absolute Gasteiger partial charge is 0.00218 e. The van der Waals surface area contributed by atoms with Crippen LogP contribution in [0, 0.1) is 5.92 Å². The van der Waals surface area contributed by atoms with Gasteiger partial charge >= 0.3 is 0 Å². The van der Waals surface area contributed by atoms with Gasteiger partial charge in [-0.3, -0.25) is 0 Å². The molecule has 2 nitrogen and oxygen atoms in total. The maximum atomic E-state index is 3.49. The van der Waals surface area contributed by atoms with E-state index in [-0.39, 0.29) is 0 Å². The standard InChI is InChI=1S/C14H32N2/c1-5-6-11-16(4)12-9-7-8-10-15-13-14(2)3/h14-15H,5-13H2,1-4H3. The molecule has 0 amide bonds. The Kier molecular flexibility index (Phi) is 11.3. The van der Waals surface area contributed by atoms with Gasteiger partial charge in [0.05, 0.1) is 0 Å². The molecule has 0 unspecified atom stereocenters. The second kappa shape index (κ2) is 11.4.